The summed E-state index contributed by atoms with van der Waals surface area (Å²) < 4.78 is 9.77. The Morgan fingerprint density at radius 1 is 0.821 bits per heavy atom. The third-order valence-electron chi connectivity index (χ3n) is 5.08. The maximum atomic E-state index is 12.3. The number of carbonyl (C=O) groups is 2. The van der Waals surface area contributed by atoms with Crippen LogP contribution in [0, 0.1) is 0 Å². The monoisotopic (exact) mass is 392 g/mol. The predicted octanol–water partition coefficient (Wildman–Crippen LogP) is 5.60. The third kappa shape index (κ3) is 6.84. The van der Waals surface area contributed by atoms with E-state index in [2.05, 4.69) is 6.92 Å². The van der Waals surface area contributed by atoms with Crippen molar-refractivity contribution in [3.63, 3.8) is 0 Å². The lowest BCUT2D eigenvalue weighted by Crippen LogP contribution is -2.14. The number of rotatable bonds is 13. The Balaban J connectivity index is 2.96. The molecule has 0 unspecified atom stereocenters. The molecule has 5 nitrogen and oxygen atoms in total. The lowest BCUT2D eigenvalue weighted by Gasteiger charge is -2.17. The number of benzene rings is 1. The first-order valence-electron chi connectivity index (χ1n) is 10.6. The van der Waals surface area contributed by atoms with Gasteiger partial charge in [0.05, 0.1) is 19.8 Å². The van der Waals surface area contributed by atoms with E-state index in [-0.39, 0.29) is 11.3 Å². The summed E-state index contributed by atoms with van der Waals surface area (Å²) in [5, 5.41) is 10.7. The van der Waals surface area contributed by atoms with Crippen LogP contribution in [0.5, 0.6) is 5.75 Å². The Hall–Kier alpha value is -2.04. The lowest BCUT2D eigenvalue weighted by atomic mass is 9.91. The summed E-state index contributed by atoms with van der Waals surface area (Å²) in [6.45, 7) is 4.16. The molecule has 1 N–H and O–H groups in total. The molecule has 0 heterocycles. The molecule has 0 atom stereocenters. The second-order valence-corrected chi connectivity index (χ2v) is 7.24. The molecular formula is C23H36O5. The van der Waals surface area contributed by atoms with Crippen LogP contribution in [0.2, 0.25) is 0 Å². The number of aromatic hydroxyl groups is 1. The molecule has 0 aliphatic rings. The molecule has 0 fully saturated rings. The molecule has 0 aliphatic heterocycles. The van der Waals surface area contributed by atoms with Crippen molar-refractivity contribution in [1.29, 1.82) is 0 Å². The fraction of sp³-hybridized carbons (Fsp3) is 0.652. The number of carbonyl (C=O) groups excluding carboxylic acids is 2. The normalized spacial score (nSPS) is 10.7. The van der Waals surface area contributed by atoms with Gasteiger partial charge in [0.15, 0.2) is 0 Å². The zero-order valence-corrected chi connectivity index (χ0v) is 17.9. The molecule has 0 aliphatic carbocycles. The van der Waals surface area contributed by atoms with Crippen molar-refractivity contribution < 1.29 is 24.2 Å². The van der Waals surface area contributed by atoms with Gasteiger partial charge in [-0.2, -0.15) is 0 Å². The van der Waals surface area contributed by atoms with Crippen molar-refractivity contribution in [2.75, 3.05) is 14.2 Å². The van der Waals surface area contributed by atoms with Crippen LogP contribution in [-0.4, -0.2) is 31.3 Å². The van der Waals surface area contributed by atoms with Gasteiger partial charge in [0, 0.05) is 0 Å². The van der Waals surface area contributed by atoms with Crippen LogP contribution in [0.4, 0.5) is 0 Å². The summed E-state index contributed by atoms with van der Waals surface area (Å²) in [5.41, 5.74) is 1.55. The molecule has 0 saturated carbocycles. The van der Waals surface area contributed by atoms with Gasteiger partial charge in [-0.3, -0.25) is 0 Å². The zero-order valence-electron chi connectivity index (χ0n) is 17.9. The maximum Gasteiger partial charge on any atom is 0.341 e. The molecule has 0 amide bonds. The lowest BCUT2D eigenvalue weighted by molar-refractivity contribution is 0.0594. The van der Waals surface area contributed by atoms with Gasteiger partial charge in [0.2, 0.25) is 0 Å². The molecule has 1 rings (SSSR count). The summed E-state index contributed by atoms with van der Waals surface area (Å²) in [6, 6.07) is 1.68. The van der Waals surface area contributed by atoms with Gasteiger partial charge in [-0.05, 0) is 36.5 Å². The summed E-state index contributed by atoms with van der Waals surface area (Å²) in [5.74, 6) is -1.18. The summed E-state index contributed by atoms with van der Waals surface area (Å²) in [4.78, 5) is 24.6. The van der Waals surface area contributed by atoms with E-state index in [1.54, 1.807) is 6.07 Å². The van der Waals surface area contributed by atoms with Crippen LogP contribution in [-0.2, 0) is 22.3 Å². The fourth-order valence-corrected chi connectivity index (χ4v) is 3.53. The van der Waals surface area contributed by atoms with Crippen LogP contribution < -0.4 is 0 Å². The molecule has 158 valence electrons. The van der Waals surface area contributed by atoms with Gasteiger partial charge >= 0.3 is 11.9 Å². The number of methoxy groups -OCH3 is 2. The van der Waals surface area contributed by atoms with Gasteiger partial charge in [0.1, 0.15) is 11.3 Å². The van der Waals surface area contributed by atoms with Crippen LogP contribution >= 0.6 is 0 Å². The Bertz CT molecular complexity index is 636. The Labute approximate surface area is 169 Å². The van der Waals surface area contributed by atoms with Crippen molar-refractivity contribution in [2.45, 2.75) is 84.5 Å². The van der Waals surface area contributed by atoms with Crippen molar-refractivity contribution in [3.8, 4) is 5.75 Å². The van der Waals surface area contributed by atoms with Crippen molar-refractivity contribution in [1.82, 2.24) is 0 Å². The largest absolute Gasteiger partial charge is 0.507 e. The summed E-state index contributed by atoms with van der Waals surface area (Å²) in [7, 11) is 2.60. The number of phenols is 1. The zero-order chi connectivity index (χ0) is 20.9. The smallest absolute Gasteiger partial charge is 0.341 e. The Morgan fingerprint density at radius 2 is 1.39 bits per heavy atom. The highest BCUT2D eigenvalue weighted by molar-refractivity contribution is 6.00. The van der Waals surface area contributed by atoms with E-state index in [0.29, 0.717) is 29.5 Å². The van der Waals surface area contributed by atoms with E-state index in [1.165, 1.54) is 46.3 Å². The first kappa shape index (κ1) is 24.0. The number of ether oxygens (including phenoxy) is 2. The molecule has 0 spiro atoms. The number of hydrogen-bond donors (Lipinski definition) is 1. The highest BCUT2D eigenvalue weighted by Crippen LogP contribution is 2.33. The van der Waals surface area contributed by atoms with E-state index in [0.717, 1.165) is 25.7 Å². The molecule has 1 aromatic carbocycles. The van der Waals surface area contributed by atoms with Gasteiger partial charge in [-0.1, -0.05) is 65.2 Å². The minimum Gasteiger partial charge on any atom is -0.507 e. The molecule has 1 aromatic rings. The Kier molecular flexibility index (Phi) is 11.3. The van der Waals surface area contributed by atoms with Crippen LogP contribution in [0.15, 0.2) is 6.07 Å². The fourth-order valence-electron chi connectivity index (χ4n) is 3.53. The van der Waals surface area contributed by atoms with Gasteiger partial charge < -0.3 is 14.6 Å². The molecule has 28 heavy (non-hydrogen) atoms. The van der Waals surface area contributed by atoms with Crippen LogP contribution in [0.3, 0.4) is 0 Å². The number of esters is 2. The highest BCUT2D eigenvalue weighted by Gasteiger charge is 2.26. The van der Waals surface area contributed by atoms with E-state index >= 15 is 0 Å². The topological polar surface area (TPSA) is 72.8 Å². The quantitative estimate of drug-likeness (QED) is 0.349. The minimum absolute atomic E-state index is 0.0640. The molecular weight excluding hydrogens is 356 g/mol. The standard InChI is InChI=1S/C23H36O5/c1-5-7-8-9-10-11-12-13-15-17-16-19(22(25)27-3)18(14-6-2)20(21(17)24)23(26)28-4/h16,24H,5-15H2,1-4H3. The molecule has 0 bridgehead atoms. The number of hydrogen-bond acceptors (Lipinski definition) is 5. The van der Waals surface area contributed by atoms with Crippen LogP contribution in [0.25, 0.3) is 0 Å². The molecule has 0 saturated heterocycles. The summed E-state index contributed by atoms with van der Waals surface area (Å²) >= 11 is 0. The molecule has 5 heteroatoms. The highest BCUT2D eigenvalue weighted by atomic mass is 16.5. The second kappa shape index (κ2) is 13.2. The van der Waals surface area contributed by atoms with Crippen molar-refractivity contribution >= 4 is 11.9 Å². The maximum absolute atomic E-state index is 12.3. The predicted molar refractivity (Wildman–Crippen MR) is 111 cm³/mol. The van der Waals surface area contributed by atoms with Crippen molar-refractivity contribution in [3.05, 3.63) is 28.3 Å². The van der Waals surface area contributed by atoms with Gasteiger partial charge in [0.25, 0.3) is 0 Å². The van der Waals surface area contributed by atoms with E-state index in [9.17, 15) is 14.7 Å². The van der Waals surface area contributed by atoms with E-state index < -0.39 is 11.9 Å². The van der Waals surface area contributed by atoms with Gasteiger partial charge in [-0.25, -0.2) is 9.59 Å². The first-order chi connectivity index (χ1) is 13.5. The minimum atomic E-state index is -0.621. The third-order valence-corrected chi connectivity index (χ3v) is 5.08. The molecule has 0 aromatic heterocycles. The first-order valence-corrected chi connectivity index (χ1v) is 10.6. The number of unbranched alkanes of at least 4 members (excludes halogenated alkanes) is 7. The van der Waals surface area contributed by atoms with Crippen molar-refractivity contribution in [2.24, 2.45) is 0 Å². The van der Waals surface area contributed by atoms with Gasteiger partial charge in [-0.15, -0.1) is 0 Å². The molecule has 0 radical (unpaired) electrons. The number of aryl methyl sites for hydroxylation is 1. The average Bonchev–Trinajstić information content (AvgIpc) is 2.70. The van der Waals surface area contributed by atoms with E-state index in [4.69, 9.17) is 9.47 Å². The van der Waals surface area contributed by atoms with E-state index in [1.807, 2.05) is 6.92 Å². The van der Waals surface area contributed by atoms with Crippen LogP contribution in [0.1, 0.15) is 103 Å². The SMILES string of the molecule is CCCCCCCCCCc1cc(C(=O)OC)c(CCC)c(C(=O)OC)c1O. The number of phenolic OH excluding ortho intramolecular Hbond substituents is 1. The average molecular weight is 393 g/mol. The Morgan fingerprint density at radius 3 is 1.93 bits per heavy atom. The summed E-state index contributed by atoms with van der Waals surface area (Å²) in [6.07, 6.45) is 11.3. The second-order valence-electron chi connectivity index (χ2n) is 7.24.